The van der Waals surface area contributed by atoms with Crippen molar-refractivity contribution in [1.29, 1.82) is 0 Å². The molecular weight excluding hydrogens is 291 g/mol. The molecule has 2 rings (SSSR count). The first-order chi connectivity index (χ1) is 9.11. The monoisotopic (exact) mass is 300 g/mol. The number of nitrogens with two attached hydrogens (primary N) is 1. The Bertz CT molecular complexity index is 600. The second-order valence-corrected chi connectivity index (χ2v) is 4.32. The molecule has 0 spiro atoms. The fourth-order valence-electron chi connectivity index (χ4n) is 1.36. The molecule has 0 saturated heterocycles. The predicted octanol–water partition coefficient (Wildman–Crippen LogP) is 1.83. The molecule has 6 nitrogen and oxygen atoms in total. The Morgan fingerprint density at radius 2 is 2.21 bits per heavy atom. The summed E-state index contributed by atoms with van der Waals surface area (Å²) in [5.74, 6) is 4.97. The van der Waals surface area contributed by atoms with Crippen molar-refractivity contribution in [2.45, 2.75) is 6.73 Å². The number of nitrogen functional groups attached to an aromatic ring is 1. The highest BCUT2D eigenvalue weighted by molar-refractivity contribution is 6.42. The third-order valence-corrected chi connectivity index (χ3v) is 3.07. The Morgan fingerprint density at radius 3 is 2.95 bits per heavy atom. The Balaban J connectivity index is 2.04. The lowest BCUT2D eigenvalue weighted by atomic mass is 10.3. The number of aromatic nitrogens is 2. The van der Waals surface area contributed by atoms with Crippen LogP contribution in [0, 0.1) is 0 Å². The molecular formula is C11H10Cl2N4O2. The van der Waals surface area contributed by atoms with E-state index in [0.29, 0.717) is 15.8 Å². The lowest BCUT2D eigenvalue weighted by Gasteiger charge is -2.08. The van der Waals surface area contributed by atoms with E-state index in [0.717, 1.165) is 0 Å². The standard InChI is InChI=1S/C11H10Cl2N4O2/c12-7-2-1-3-9(10(7)13)19-6-17-5-4-8(16-17)11(18)15-14/h1-5H,6,14H2,(H,15,18). The number of benzene rings is 1. The summed E-state index contributed by atoms with van der Waals surface area (Å²) in [6.45, 7) is 0.0952. The van der Waals surface area contributed by atoms with E-state index in [4.69, 9.17) is 33.8 Å². The molecule has 1 amide bonds. The summed E-state index contributed by atoms with van der Waals surface area (Å²) in [6.07, 6.45) is 1.59. The lowest BCUT2D eigenvalue weighted by molar-refractivity contribution is 0.0946. The summed E-state index contributed by atoms with van der Waals surface area (Å²) in [6, 6.07) is 6.59. The minimum absolute atomic E-state index is 0.0952. The van der Waals surface area contributed by atoms with Crippen molar-refractivity contribution >= 4 is 29.1 Å². The van der Waals surface area contributed by atoms with Crippen molar-refractivity contribution in [3.05, 3.63) is 46.2 Å². The SMILES string of the molecule is NNC(=O)c1ccn(COc2cccc(Cl)c2Cl)n1. The topological polar surface area (TPSA) is 82.2 Å². The van der Waals surface area contributed by atoms with Crippen LogP contribution in [0.1, 0.15) is 10.5 Å². The van der Waals surface area contributed by atoms with E-state index in [1.807, 2.05) is 5.43 Å². The van der Waals surface area contributed by atoms with Crippen LogP contribution in [-0.2, 0) is 6.73 Å². The number of carbonyl (C=O) groups is 1. The number of hydrogen-bond acceptors (Lipinski definition) is 4. The summed E-state index contributed by atoms with van der Waals surface area (Å²) in [5.41, 5.74) is 2.19. The van der Waals surface area contributed by atoms with E-state index < -0.39 is 5.91 Å². The highest BCUT2D eigenvalue weighted by Gasteiger charge is 2.09. The molecule has 0 fully saturated rings. The summed E-state index contributed by atoms with van der Waals surface area (Å²) < 4.78 is 6.88. The molecule has 100 valence electrons. The van der Waals surface area contributed by atoms with Gasteiger partial charge in [0.15, 0.2) is 12.4 Å². The average molecular weight is 301 g/mol. The van der Waals surface area contributed by atoms with Gasteiger partial charge >= 0.3 is 0 Å². The van der Waals surface area contributed by atoms with Gasteiger partial charge in [0.2, 0.25) is 0 Å². The van der Waals surface area contributed by atoms with E-state index in [1.54, 1.807) is 24.4 Å². The molecule has 0 radical (unpaired) electrons. The lowest BCUT2D eigenvalue weighted by Crippen LogP contribution is -2.30. The molecule has 0 aliphatic heterocycles. The summed E-state index contributed by atoms with van der Waals surface area (Å²) in [5, 5.41) is 4.71. The van der Waals surface area contributed by atoms with Gasteiger partial charge in [0.25, 0.3) is 5.91 Å². The number of hydrogen-bond donors (Lipinski definition) is 2. The predicted molar refractivity (Wildman–Crippen MR) is 71.0 cm³/mol. The van der Waals surface area contributed by atoms with Crippen LogP contribution < -0.4 is 16.0 Å². The van der Waals surface area contributed by atoms with Crippen molar-refractivity contribution in [3.8, 4) is 5.75 Å². The second kappa shape index (κ2) is 5.92. The van der Waals surface area contributed by atoms with Crippen LogP contribution in [0.5, 0.6) is 5.75 Å². The van der Waals surface area contributed by atoms with E-state index in [9.17, 15) is 4.79 Å². The molecule has 0 bridgehead atoms. The Hall–Kier alpha value is -1.76. The normalized spacial score (nSPS) is 10.3. The van der Waals surface area contributed by atoms with Gasteiger partial charge in [-0.05, 0) is 18.2 Å². The Morgan fingerprint density at radius 1 is 1.42 bits per heavy atom. The molecule has 0 atom stereocenters. The van der Waals surface area contributed by atoms with Crippen LogP contribution in [0.2, 0.25) is 10.0 Å². The fourth-order valence-corrected chi connectivity index (χ4v) is 1.71. The van der Waals surface area contributed by atoms with Gasteiger partial charge in [-0.1, -0.05) is 29.3 Å². The van der Waals surface area contributed by atoms with Gasteiger partial charge in [0, 0.05) is 6.20 Å². The molecule has 0 unspecified atom stereocenters. The number of halogens is 2. The highest BCUT2D eigenvalue weighted by atomic mass is 35.5. The third kappa shape index (κ3) is 3.17. The zero-order valence-electron chi connectivity index (χ0n) is 9.64. The molecule has 8 heteroatoms. The van der Waals surface area contributed by atoms with Crippen molar-refractivity contribution < 1.29 is 9.53 Å². The van der Waals surface area contributed by atoms with Crippen LogP contribution in [0.3, 0.4) is 0 Å². The van der Waals surface area contributed by atoms with Gasteiger partial charge in [-0.3, -0.25) is 10.2 Å². The number of amides is 1. The fraction of sp³-hybridized carbons (Fsp3) is 0.0909. The summed E-state index contributed by atoms with van der Waals surface area (Å²) in [4.78, 5) is 11.2. The molecule has 0 aliphatic carbocycles. The number of ether oxygens (including phenoxy) is 1. The first-order valence-electron chi connectivity index (χ1n) is 5.23. The third-order valence-electron chi connectivity index (χ3n) is 2.27. The van der Waals surface area contributed by atoms with Gasteiger partial charge < -0.3 is 4.74 Å². The molecule has 0 aliphatic rings. The minimum atomic E-state index is -0.473. The minimum Gasteiger partial charge on any atom is -0.470 e. The van der Waals surface area contributed by atoms with Gasteiger partial charge in [0.05, 0.1) is 5.02 Å². The molecule has 0 saturated carbocycles. The first kappa shape index (κ1) is 13.7. The highest BCUT2D eigenvalue weighted by Crippen LogP contribution is 2.31. The molecule has 1 aromatic carbocycles. The Labute approximate surface area is 119 Å². The molecule has 2 aromatic rings. The van der Waals surface area contributed by atoms with Crippen LogP contribution in [0.4, 0.5) is 0 Å². The van der Waals surface area contributed by atoms with Crippen molar-refractivity contribution in [2.24, 2.45) is 5.84 Å². The van der Waals surface area contributed by atoms with Crippen molar-refractivity contribution in [1.82, 2.24) is 15.2 Å². The van der Waals surface area contributed by atoms with Gasteiger partial charge in [-0.25, -0.2) is 10.5 Å². The molecule has 19 heavy (non-hydrogen) atoms. The maximum Gasteiger partial charge on any atom is 0.285 e. The number of nitrogens with one attached hydrogen (secondary N) is 1. The largest absolute Gasteiger partial charge is 0.470 e. The summed E-state index contributed by atoms with van der Waals surface area (Å²) >= 11 is 11.8. The molecule has 1 heterocycles. The number of rotatable bonds is 4. The van der Waals surface area contributed by atoms with Gasteiger partial charge in [0.1, 0.15) is 10.8 Å². The second-order valence-electron chi connectivity index (χ2n) is 3.54. The smallest absolute Gasteiger partial charge is 0.285 e. The van der Waals surface area contributed by atoms with E-state index in [1.165, 1.54) is 10.7 Å². The molecule has 1 aromatic heterocycles. The van der Waals surface area contributed by atoms with Crippen LogP contribution in [0.25, 0.3) is 0 Å². The zero-order valence-corrected chi connectivity index (χ0v) is 11.1. The van der Waals surface area contributed by atoms with Crippen LogP contribution in [-0.4, -0.2) is 15.7 Å². The maximum atomic E-state index is 11.2. The first-order valence-corrected chi connectivity index (χ1v) is 5.98. The van der Waals surface area contributed by atoms with Crippen molar-refractivity contribution in [2.75, 3.05) is 0 Å². The van der Waals surface area contributed by atoms with Gasteiger partial charge in [-0.2, -0.15) is 5.10 Å². The van der Waals surface area contributed by atoms with E-state index >= 15 is 0 Å². The average Bonchev–Trinajstić information content (AvgIpc) is 2.88. The zero-order chi connectivity index (χ0) is 13.8. The number of nitrogens with zero attached hydrogens (tertiary/aromatic N) is 2. The number of hydrazine groups is 1. The van der Waals surface area contributed by atoms with Crippen LogP contribution in [0.15, 0.2) is 30.5 Å². The maximum absolute atomic E-state index is 11.2. The van der Waals surface area contributed by atoms with E-state index in [-0.39, 0.29) is 12.4 Å². The Kier molecular flexibility index (Phi) is 4.26. The van der Waals surface area contributed by atoms with E-state index in [2.05, 4.69) is 5.10 Å². The van der Waals surface area contributed by atoms with Crippen LogP contribution >= 0.6 is 23.2 Å². The van der Waals surface area contributed by atoms with Crippen molar-refractivity contribution in [3.63, 3.8) is 0 Å². The number of carbonyl (C=O) groups excluding carboxylic acids is 1. The molecule has 3 N–H and O–H groups in total. The summed E-state index contributed by atoms with van der Waals surface area (Å²) in [7, 11) is 0. The van der Waals surface area contributed by atoms with Gasteiger partial charge in [-0.15, -0.1) is 0 Å². The quantitative estimate of drug-likeness (QED) is 0.513.